The maximum absolute atomic E-state index is 13.3. The van der Waals surface area contributed by atoms with Crippen molar-refractivity contribution in [2.24, 2.45) is 0 Å². The van der Waals surface area contributed by atoms with E-state index in [1.54, 1.807) is 42.5 Å². The first-order valence-electron chi connectivity index (χ1n) is 9.84. The Kier molecular flexibility index (Phi) is 5.84. The molecule has 1 fully saturated rings. The summed E-state index contributed by atoms with van der Waals surface area (Å²) in [4.78, 5) is 27.4. The summed E-state index contributed by atoms with van der Waals surface area (Å²) < 4.78 is 14.2. The minimum atomic E-state index is -0.871. The van der Waals surface area contributed by atoms with Crippen LogP contribution in [0.1, 0.15) is 28.3 Å². The average molecular weight is 496 g/mol. The first kappa shape index (κ1) is 21.8. The van der Waals surface area contributed by atoms with E-state index in [4.69, 9.17) is 0 Å². The van der Waals surface area contributed by atoms with Crippen LogP contribution in [-0.4, -0.2) is 26.8 Å². The number of carbonyl (C=O) groups is 2. The number of aliphatic hydroxyl groups is 1. The first-order valence-corrected chi connectivity index (χ1v) is 10.6. The molecule has 4 rings (SSSR count). The second kappa shape index (κ2) is 8.59. The zero-order valence-corrected chi connectivity index (χ0v) is 18.6. The Morgan fingerprint density at radius 2 is 1.69 bits per heavy atom. The molecule has 0 saturated carbocycles. The van der Waals surface area contributed by atoms with Gasteiger partial charge in [-0.15, -0.1) is 0 Å². The van der Waals surface area contributed by atoms with Crippen LogP contribution in [0.25, 0.3) is 5.76 Å². The number of phenolic OH excluding ortho intramolecular Hbond substituents is 1. The number of likely N-dealkylation sites (tertiary alicyclic amines) is 1. The molecule has 1 atom stereocenters. The van der Waals surface area contributed by atoms with Gasteiger partial charge in [0.05, 0.1) is 11.6 Å². The Morgan fingerprint density at radius 3 is 2.31 bits per heavy atom. The lowest BCUT2D eigenvalue weighted by molar-refractivity contribution is -0.140. The number of aliphatic hydroxyl groups excluding tert-OH is 1. The molecule has 1 aliphatic rings. The van der Waals surface area contributed by atoms with Crippen LogP contribution < -0.4 is 0 Å². The molecule has 1 heterocycles. The van der Waals surface area contributed by atoms with E-state index >= 15 is 0 Å². The summed E-state index contributed by atoms with van der Waals surface area (Å²) >= 11 is 3.41. The van der Waals surface area contributed by atoms with Crippen molar-refractivity contribution < 1.29 is 24.2 Å². The van der Waals surface area contributed by atoms with Gasteiger partial charge in [0, 0.05) is 16.6 Å². The topological polar surface area (TPSA) is 77.8 Å². The summed E-state index contributed by atoms with van der Waals surface area (Å²) in [5, 5.41) is 20.8. The standard InChI is InChI=1S/C25H19BrFNO4/c1-14-12-17(6-11-20(14)26)23(30)21-22(16-4-9-19(29)10-5-16)28(25(32)24(21)31)13-15-2-7-18(27)8-3-15/h2-12,22,29-30H,13H2,1H3/b23-21-. The molecule has 3 aromatic carbocycles. The minimum absolute atomic E-state index is 0.0350. The Labute approximate surface area is 192 Å². The van der Waals surface area contributed by atoms with E-state index in [1.807, 2.05) is 6.92 Å². The predicted molar refractivity (Wildman–Crippen MR) is 121 cm³/mol. The molecule has 7 heteroatoms. The molecular weight excluding hydrogens is 477 g/mol. The molecule has 1 amide bonds. The summed E-state index contributed by atoms with van der Waals surface area (Å²) in [5.41, 5.74) is 2.42. The third-order valence-electron chi connectivity index (χ3n) is 5.45. The third kappa shape index (κ3) is 4.03. The smallest absolute Gasteiger partial charge is 0.295 e. The number of amides is 1. The van der Waals surface area contributed by atoms with Crippen molar-refractivity contribution in [3.05, 3.63) is 105 Å². The summed E-state index contributed by atoms with van der Waals surface area (Å²) in [6.07, 6.45) is 0. The molecule has 2 N–H and O–H groups in total. The van der Waals surface area contributed by atoms with E-state index in [-0.39, 0.29) is 23.6 Å². The van der Waals surface area contributed by atoms with E-state index < -0.39 is 23.5 Å². The van der Waals surface area contributed by atoms with Crippen LogP contribution in [0.15, 0.2) is 76.8 Å². The van der Waals surface area contributed by atoms with Crippen LogP contribution in [0.2, 0.25) is 0 Å². The van der Waals surface area contributed by atoms with Crippen molar-refractivity contribution >= 4 is 33.4 Å². The number of nitrogens with zero attached hydrogens (tertiary/aromatic N) is 1. The van der Waals surface area contributed by atoms with Gasteiger partial charge in [-0.25, -0.2) is 4.39 Å². The Hall–Kier alpha value is -3.45. The molecule has 0 spiro atoms. The summed E-state index contributed by atoms with van der Waals surface area (Å²) in [7, 11) is 0. The van der Waals surface area contributed by atoms with E-state index in [9.17, 15) is 24.2 Å². The molecule has 5 nitrogen and oxygen atoms in total. The van der Waals surface area contributed by atoms with Gasteiger partial charge in [-0.2, -0.15) is 0 Å². The van der Waals surface area contributed by atoms with Gasteiger partial charge in [-0.1, -0.05) is 46.3 Å². The number of hydrogen-bond acceptors (Lipinski definition) is 4. The number of carbonyl (C=O) groups excluding carboxylic acids is 2. The molecule has 0 radical (unpaired) electrons. The van der Waals surface area contributed by atoms with Crippen molar-refractivity contribution in [3.8, 4) is 5.75 Å². The van der Waals surface area contributed by atoms with Gasteiger partial charge in [0.2, 0.25) is 0 Å². The quantitative estimate of drug-likeness (QED) is 0.295. The highest BCUT2D eigenvalue weighted by Gasteiger charge is 2.46. The number of Topliss-reactive ketones (excluding diaryl/α,β-unsaturated/α-hetero) is 1. The van der Waals surface area contributed by atoms with Crippen LogP contribution in [-0.2, 0) is 16.1 Å². The van der Waals surface area contributed by atoms with Crippen LogP contribution in [0, 0.1) is 12.7 Å². The van der Waals surface area contributed by atoms with Gasteiger partial charge >= 0.3 is 0 Å². The van der Waals surface area contributed by atoms with Gasteiger partial charge in [0.15, 0.2) is 0 Å². The molecule has 1 unspecified atom stereocenters. The monoisotopic (exact) mass is 495 g/mol. The number of rotatable bonds is 4. The lowest BCUT2D eigenvalue weighted by Crippen LogP contribution is -2.29. The number of ketones is 1. The van der Waals surface area contributed by atoms with Gasteiger partial charge in [0.25, 0.3) is 11.7 Å². The van der Waals surface area contributed by atoms with Gasteiger partial charge < -0.3 is 15.1 Å². The molecule has 0 aromatic heterocycles. The summed E-state index contributed by atoms with van der Waals surface area (Å²) in [6, 6.07) is 16.0. The van der Waals surface area contributed by atoms with Gasteiger partial charge in [-0.05, 0) is 60.0 Å². The van der Waals surface area contributed by atoms with Crippen LogP contribution >= 0.6 is 15.9 Å². The number of phenols is 1. The fourth-order valence-corrected chi connectivity index (χ4v) is 4.03. The molecule has 0 bridgehead atoms. The Bertz CT molecular complexity index is 1240. The fraction of sp³-hybridized carbons (Fsp3) is 0.120. The van der Waals surface area contributed by atoms with Crippen molar-refractivity contribution in [2.45, 2.75) is 19.5 Å². The van der Waals surface area contributed by atoms with Crippen LogP contribution in [0.3, 0.4) is 0 Å². The predicted octanol–water partition coefficient (Wildman–Crippen LogP) is 5.22. The van der Waals surface area contributed by atoms with Crippen molar-refractivity contribution in [2.75, 3.05) is 0 Å². The Balaban J connectivity index is 1.86. The van der Waals surface area contributed by atoms with Crippen molar-refractivity contribution in [1.29, 1.82) is 0 Å². The summed E-state index contributed by atoms with van der Waals surface area (Å²) in [5.74, 6) is -2.21. The summed E-state index contributed by atoms with van der Waals surface area (Å²) in [6.45, 7) is 1.90. The molecular formula is C25H19BrFNO4. The van der Waals surface area contributed by atoms with Crippen LogP contribution in [0.5, 0.6) is 5.75 Å². The maximum atomic E-state index is 13.3. The first-order chi connectivity index (χ1) is 15.3. The largest absolute Gasteiger partial charge is 0.508 e. The maximum Gasteiger partial charge on any atom is 0.295 e. The number of aromatic hydroxyl groups is 1. The zero-order chi connectivity index (χ0) is 23.0. The SMILES string of the molecule is Cc1cc(/C(O)=C2/C(=O)C(=O)N(Cc3ccc(F)cc3)C2c2ccc(O)cc2)ccc1Br. The highest BCUT2D eigenvalue weighted by Crippen LogP contribution is 2.41. The average Bonchev–Trinajstić information content (AvgIpc) is 3.02. The third-order valence-corrected chi connectivity index (χ3v) is 6.34. The van der Waals surface area contributed by atoms with Crippen LogP contribution in [0.4, 0.5) is 4.39 Å². The molecule has 1 saturated heterocycles. The number of benzene rings is 3. The van der Waals surface area contributed by atoms with Gasteiger partial charge in [0.1, 0.15) is 17.3 Å². The second-order valence-corrected chi connectivity index (χ2v) is 8.46. The highest BCUT2D eigenvalue weighted by atomic mass is 79.9. The number of halogens is 2. The van der Waals surface area contributed by atoms with Gasteiger partial charge in [-0.3, -0.25) is 9.59 Å². The Morgan fingerprint density at radius 1 is 1.03 bits per heavy atom. The number of aryl methyl sites for hydroxylation is 1. The van der Waals surface area contributed by atoms with E-state index in [0.717, 1.165) is 10.0 Å². The molecule has 0 aliphatic carbocycles. The van der Waals surface area contributed by atoms with Crippen molar-refractivity contribution in [1.82, 2.24) is 4.90 Å². The normalized spacial score (nSPS) is 17.7. The van der Waals surface area contributed by atoms with E-state index in [1.165, 1.54) is 29.2 Å². The second-order valence-electron chi connectivity index (χ2n) is 7.61. The molecule has 162 valence electrons. The lowest BCUT2D eigenvalue weighted by Gasteiger charge is -2.25. The number of hydrogen-bond donors (Lipinski definition) is 2. The highest BCUT2D eigenvalue weighted by molar-refractivity contribution is 9.10. The molecule has 32 heavy (non-hydrogen) atoms. The molecule has 1 aliphatic heterocycles. The van der Waals surface area contributed by atoms with Crippen molar-refractivity contribution in [3.63, 3.8) is 0 Å². The minimum Gasteiger partial charge on any atom is -0.508 e. The fourth-order valence-electron chi connectivity index (χ4n) is 3.78. The zero-order valence-electron chi connectivity index (χ0n) is 17.0. The molecule has 3 aromatic rings. The van der Waals surface area contributed by atoms with E-state index in [0.29, 0.717) is 16.7 Å². The van der Waals surface area contributed by atoms with E-state index in [2.05, 4.69) is 15.9 Å². The lowest BCUT2D eigenvalue weighted by atomic mass is 9.94.